The fourth-order valence-corrected chi connectivity index (χ4v) is 4.92. The number of hydrogen-bond donors (Lipinski definition) is 2. The quantitative estimate of drug-likeness (QED) is 0.526. The first-order valence-electron chi connectivity index (χ1n) is 8.64. The van der Waals surface area contributed by atoms with E-state index in [1.54, 1.807) is 5.38 Å². The normalized spacial score (nSPS) is 12.7. The highest BCUT2D eigenvalue weighted by atomic mass is 35.5. The summed E-state index contributed by atoms with van der Waals surface area (Å²) in [5.41, 5.74) is 1.31. The van der Waals surface area contributed by atoms with Crippen molar-refractivity contribution in [3.05, 3.63) is 70.4 Å². The lowest BCUT2D eigenvalue weighted by atomic mass is 10.1. The van der Waals surface area contributed by atoms with Crippen molar-refractivity contribution in [2.24, 2.45) is 0 Å². The number of nitrogens with one attached hydrogen (secondary N) is 2. The number of aromatic nitrogens is 1. The number of likely N-dealkylation sites (N-methyl/N-ethyl adjacent to an activating group) is 1. The van der Waals surface area contributed by atoms with E-state index in [1.165, 1.54) is 6.20 Å². The summed E-state index contributed by atoms with van der Waals surface area (Å²) in [6.07, 6.45) is 1.45. The Morgan fingerprint density at radius 3 is 2.59 bits per heavy atom. The molecule has 0 bridgehead atoms. The fraction of sp³-hybridized carbons (Fsp3) is 0.211. The minimum atomic E-state index is -4.15. The van der Waals surface area contributed by atoms with Crippen LogP contribution in [-0.2, 0) is 10.0 Å². The molecule has 1 atom stereocenters. The zero-order valence-corrected chi connectivity index (χ0v) is 18.2. The number of thiazole rings is 1. The molecule has 2 N–H and O–H groups in total. The highest BCUT2D eigenvalue weighted by Gasteiger charge is 2.23. The lowest BCUT2D eigenvalue weighted by Gasteiger charge is -2.24. The van der Waals surface area contributed by atoms with E-state index in [0.29, 0.717) is 12.2 Å². The van der Waals surface area contributed by atoms with Crippen molar-refractivity contribution >= 4 is 43.8 Å². The molecule has 0 spiro atoms. The van der Waals surface area contributed by atoms with Crippen LogP contribution >= 0.6 is 22.9 Å². The van der Waals surface area contributed by atoms with Gasteiger partial charge in [-0.25, -0.2) is 17.8 Å². The topological polar surface area (TPSA) is 74.3 Å². The summed E-state index contributed by atoms with van der Waals surface area (Å²) in [5, 5.41) is 5.09. The number of halogens is 2. The first-order chi connectivity index (χ1) is 13.8. The van der Waals surface area contributed by atoms with Gasteiger partial charge < -0.3 is 10.2 Å². The minimum Gasteiger partial charge on any atom is -0.376 e. The Bertz CT molecular complexity index is 1060. The van der Waals surface area contributed by atoms with Gasteiger partial charge in [-0.15, -0.1) is 11.3 Å². The first-order valence-corrected chi connectivity index (χ1v) is 11.4. The molecule has 6 nitrogen and oxygen atoms in total. The maximum atomic E-state index is 14.7. The van der Waals surface area contributed by atoms with Gasteiger partial charge in [0.15, 0.2) is 5.13 Å². The van der Waals surface area contributed by atoms with Crippen molar-refractivity contribution < 1.29 is 12.8 Å². The van der Waals surface area contributed by atoms with E-state index < -0.39 is 20.7 Å². The van der Waals surface area contributed by atoms with Gasteiger partial charge in [-0.1, -0.05) is 41.9 Å². The molecule has 3 rings (SSSR count). The summed E-state index contributed by atoms with van der Waals surface area (Å²) in [4.78, 5) is 5.31. The second kappa shape index (κ2) is 9.08. The van der Waals surface area contributed by atoms with Crippen LogP contribution < -0.4 is 10.0 Å². The Labute approximate surface area is 178 Å². The third kappa shape index (κ3) is 5.45. The molecule has 0 amide bonds. The Balaban J connectivity index is 1.90. The van der Waals surface area contributed by atoms with Crippen molar-refractivity contribution in [1.82, 2.24) is 9.88 Å². The number of nitrogens with zero attached hydrogens (tertiary/aromatic N) is 2. The summed E-state index contributed by atoms with van der Waals surface area (Å²) in [7, 11) is -0.290. The van der Waals surface area contributed by atoms with Crippen molar-refractivity contribution in [2.75, 3.05) is 30.7 Å². The molecule has 154 valence electrons. The van der Waals surface area contributed by atoms with Crippen LogP contribution in [0.5, 0.6) is 0 Å². The molecule has 3 aromatic rings. The van der Waals surface area contributed by atoms with Crippen LogP contribution in [0.15, 0.2) is 58.9 Å². The summed E-state index contributed by atoms with van der Waals surface area (Å²) in [6, 6.07) is 11.7. The average Bonchev–Trinajstić information content (AvgIpc) is 3.16. The molecular formula is C19H20ClFN4O2S2. The Morgan fingerprint density at radius 2 is 1.97 bits per heavy atom. The van der Waals surface area contributed by atoms with Gasteiger partial charge in [0.05, 0.1) is 16.8 Å². The lowest BCUT2D eigenvalue weighted by Crippen LogP contribution is -2.26. The van der Waals surface area contributed by atoms with Gasteiger partial charge >= 0.3 is 0 Å². The summed E-state index contributed by atoms with van der Waals surface area (Å²) < 4.78 is 42.0. The molecule has 0 unspecified atom stereocenters. The van der Waals surface area contributed by atoms with Gasteiger partial charge in [-0.05, 0) is 31.8 Å². The SMILES string of the molecule is CN(C)C[C@H](Nc1cc(F)c(S(=O)(=O)Nc2nccs2)cc1Cl)c1ccccc1. The Morgan fingerprint density at radius 1 is 1.24 bits per heavy atom. The number of anilines is 2. The van der Waals surface area contributed by atoms with E-state index in [9.17, 15) is 12.8 Å². The van der Waals surface area contributed by atoms with E-state index in [-0.39, 0.29) is 16.2 Å². The highest BCUT2D eigenvalue weighted by molar-refractivity contribution is 7.93. The van der Waals surface area contributed by atoms with E-state index in [4.69, 9.17) is 11.6 Å². The van der Waals surface area contributed by atoms with E-state index in [0.717, 1.165) is 29.0 Å². The molecular weight excluding hydrogens is 435 g/mol. The summed E-state index contributed by atoms with van der Waals surface area (Å²) in [5.74, 6) is -0.905. The predicted molar refractivity (Wildman–Crippen MR) is 116 cm³/mol. The van der Waals surface area contributed by atoms with E-state index in [2.05, 4.69) is 15.0 Å². The molecule has 1 aromatic heterocycles. The molecule has 0 aliphatic rings. The van der Waals surface area contributed by atoms with Crippen molar-refractivity contribution in [3.63, 3.8) is 0 Å². The van der Waals surface area contributed by atoms with Crippen LogP contribution in [0.4, 0.5) is 15.2 Å². The van der Waals surface area contributed by atoms with Gasteiger partial charge in [0.2, 0.25) is 0 Å². The van der Waals surface area contributed by atoms with Gasteiger partial charge in [0, 0.05) is 18.1 Å². The van der Waals surface area contributed by atoms with Crippen LogP contribution in [-0.4, -0.2) is 38.9 Å². The monoisotopic (exact) mass is 454 g/mol. The van der Waals surface area contributed by atoms with Crippen LogP contribution in [0.1, 0.15) is 11.6 Å². The molecule has 0 aliphatic carbocycles. The molecule has 0 saturated carbocycles. The maximum absolute atomic E-state index is 14.7. The molecule has 29 heavy (non-hydrogen) atoms. The molecule has 2 aromatic carbocycles. The number of sulfonamides is 1. The number of hydrogen-bond acceptors (Lipinski definition) is 6. The fourth-order valence-electron chi connectivity index (χ4n) is 2.76. The molecule has 10 heteroatoms. The van der Waals surface area contributed by atoms with E-state index >= 15 is 0 Å². The van der Waals surface area contributed by atoms with Gasteiger partial charge in [0.25, 0.3) is 10.0 Å². The smallest absolute Gasteiger partial charge is 0.266 e. The lowest BCUT2D eigenvalue weighted by molar-refractivity contribution is 0.387. The Hall–Kier alpha value is -2.20. The van der Waals surface area contributed by atoms with Crippen LogP contribution in [0.3, 0.4) is 0 Å². The second-order valence-corrected chi connectivity index (χ2v) is 9.53. The number of benzene rings is 2. The van der Waals surface area contributed by atoms with Crippen molar-refractivity contribution in [1.29, 1.82) is 0 Å². The van der Waals surface area contributed by atoms with Gasteiger partial charge in [-0.2, -0.15) is 0 Å². The minimum absolute atomic E-state index is 0.102. The highest BCUT2D eigenvalue weighted by Crippen LogP contribution is 2.32. The first kappa shape index (κ1) is 21.5. The zero-order chi connectivity index (χ0) is 21.0. The molecule has 1 heterocycles. The summed E-state index contributed by atoms with van der Waals surface area (Å²) >= 11 is 7.40. The standard InChI is InChI=1S/C19H20ClFN4O2S2/c1-25(2)12-17(13-6-4-3-5-7-13)23-16-11-15(21)18(10-14(16)20)29(26,27)24-19-22-8-9-28-19/h3-11,17,23H,12H2,1-2H3,(H,22,24)/t17-/m0/s1. The molecule has 0 radical (unpaired) electrons. The van der Waals surface area contributed by atoms with Crippen molar-refractivity contribution in [3.8, 4) is 0 Å². The average molecular weight is 455 g/mol. The molecule has 0 fully saturated rings. The zero-order valence-electron chi connectivity index (χ0n) is 15.8. The molecule has 0 aliphatic heterocycles. The van der Waals surface area contributed by atoms with Crippen LogP contribution in [0.25, 0.3) is 0 Å². The molecule has 0 saturated heterocycles. The Kier molecular flexibility index (Phi) is 6.74. The largest absolute Gasteiger partial charge is 0.376 e. The van der Waals surface area contributed by atoms with Crippen LogP contribution in [0.2, 0.25) is 5.02 Å². The van der Waals surface area contributed by atoms with Gasteiger partial charge in [-0.3, -0.25) is 4.72 Å². The van der Waals surface area contributed by atoms with Gasteiger partial charge in [0.1, 0.15) is 10.7 Å². The van der Waals surface area contributed by atoms with E-state index in [1.807, 2.05) is 49.3 Å². The number of rotatable bonds is 8. The maximum Gasteiger partial charge on any atom is 0.266 e. The van der Waals surface area contributed by atoms with Crippen molar-refractivity contribution in [2.45, 2.75) is 10.9 Å². The third-order valence-electron chi connectivity index (χ3n) is 4.04. The second-order valence-electron chi connectivity index (χ2n) is 6.58. The summed E-state index contributed by atoms with van der Waals surface area (Å²) in [6.45, 7) is 0.633. The third-order valence-corrected chi connectivity index (χ3v) is 6.53. The van der Waals surface area contributed by atoms with Crippen LogP contribution in [0, 0.1) is 5.82 Å². The predicted octanol–water partition coefficient (Wildman–Crippen LogP) is 4.45.